The third kappa shape index (κ3) is 4.33. The topological polar surface area (TPSA) is 43.8 Å². The van der Waals surface area contributed by atoms with Crippen LogP contribution in [0.2, 0.25) is 0 Å². The van der Waals surface area contributed by atoms with E-state index in [4.69, 9.17) is 5.11 Å². The molecule has 0 saturated carbocycles. The van der Waals surface area contributed by atoms with E-state index < -0.39 is 5.97 Å². The largest absolute Gasteiger partial charge is 0.480 e. The molecule has 0 aromatic heterocycles. The minimum atomic E-state index is -0.732. The van der Waals surface area contributed by atoms with E-state index in [0.29, 0.717) is 6.04 Å². The molecule has 2 aliphatic rings. The molecule has 126 valence electrons. The van der Waals surface area contributed by atoms with Gasteiger partial charge in [0.05, 0.1) is 6.54 Å². The van der Waals surface area contributed by atoms with Gasteiger partial charge in [-0.3, -0.25) is 14.6 Å². The van der Waals surface area contributed by atoms with Crippen LogP contribution >= 0.6 is 0 Å². The van der Waals surface area contributed by atoms with Gasteiger partial charge in [0.25, 0.3) is 0 Å². The molecule has 4 nitrogen and oxygen atoms in total. The fraction of sp³-hybridized carbons (Fsp3) is 0.632. The Morgan fingerprint density at radius 2 is 1.91 bits per heavy atom. The van der Waals surface area contributed by atoms with Crippen LogP contribution in [0.1, 0.15) is 42.4 Å². The molecule has 23 heavy (non-hydrogen) atoms. The Morgan fingerprint density at radius 3 is 2.61 bits per heavy atom. The lowest BCUT2D eigenvalue weighted by Gasteiger charge is -2.36. The molecule has 1 aromatic carbocycles. The van der Waals surface area contributed by atoms with Crippen molar-refractivity contribution in [2.75, 3.05) is 26.7 Å². The number of rotatable bonds is 5. The summed E-state index contributed by atoms with van der Waals surface area (Å²) >= 11 is 0. The highest BCUT2D eigenvalue weighted by atomic mass is 16.4. The number of aryl methyl sites for hydroxylation is 2. The first-order valence-electron chi connectivity index (χ1n) is 8.87. The van der Waals surface area contributed by atoms with Gasteiger partial charge in [0.1, 0.15) is 0 Å². The number of fused-ring (bicyclic) bond motifs is 1. The van der Waals surface area contributed by atoms with E-state index in [-0.39, 0.29) is 6.54 Å². The molecule has 0 bridgehead atoms. The van der Waals surface area contributed by atoms with Crippen LogP contribution in [0.3, 0.4) is 0 Å². The molecule has 1 fully saturated rings. The monoisotopic (exact) mass is 316 g/mol. The van der Waals surface area contributed by atoms with Gasteiger partial charge in [0.2, 0.25) is 0 Å². The van der Waals surface area contributed by atoms with Crippen molar-refractivity contribution >= 4 is 5.97 Å². The molecule has 1 saturated heterocycles. The highest BCUT2D eigenvalue weighted by molar-refractivity contribution is 5.69. The summed E-state index contributed by atoms with van der Waals surface area (Å²) in [6, 6.07) is 7.45. The standard InChI is InChI=1S/C19H28N2O2/c1-20(14-19(22)23)18-8-10-21(11-9-18)13-15-6-7-16-4-2-3-5-17(16)12-15/h6-7,12,18H,2-5,8-11,13-14H2,1H3,(H,22,23). The third-order valence-corrected chi connectivity index (χ3v) is 5.38. The second-order valence-electron chi connectivity index (χ2n) is 7.13. The van der Waals surface area contributed by atoms with Crippen molar-refractivity contribution in [2.24, 2.45) is 0 Å². The van der Waals surface area contributed by atoms with Crippen LogP contribution in [0, 0.1) is 0 Å². The lowest BCUT2D eigenvalue weighted by atomic mass is 9.90. The van der Waals surface area contributed by atoms with E-state index in [1.54, 1.807) is 11.1 Å². The van der Waals surface area contributed by atoms with Gasteiger partial charge in [-0.25, -0.2) is 0 Å². The Labute approximate surface area is 139 Å². The lowest BCUT2D eigenvalue weighted by molar-refractivity contribution is -0.138. The van der Waals surface area contributed by atoms with Crippen LogP contribution in [-0.4, -0.2) is 53.6 Å². The minimum Gasteiger partial charge on any atom is -0.480 e. The molecule has 1 aliphatic carbocycles. The first-order valence-corrected chi connectivity index (χ1v) is 8.87. The Morgan fingerprint density at radius 1 is 1.22 bits per heavy atom. The molecule has 0 radical (unpaired) electrons. The molecule has 4 heteroatoms. The summed E-state index contributed by atoms with van der Waals surface area (Å²) in [5.74, 6) is -0.732. The average Bonchev–Trinajstić information content (AvgIpc) is 2.55. The molecule has 0 spiro atoms. The second-order valence-corrected chi connectivity index (χ2v) is 7.13. The number of nitrogens with zero attached hydrogens (tertiary/aromatic N) is 2. The number of carboxylic acid groups (broad SMARTS) is 1. The van der Waals surface area contributed by atoms with Crippen molar-refractivity contribution in [2.45, 2.75) is 51.1 Å². The summed E-state index contributed by atoms with van der Waals surface area (Å²) in [6.07, 6.45) is 7.28. The highest BCUT2D eigenvalue weighted by Gasteiger charge is 2.23. The van der Waals surface area contributed by atoms with E-state index in [2.05, 4.69) is 23.1 Å². The molecule has 1 aliphatic heterocycles. The Hall–Kier alpha value is -1.39. The van der Waals surface area contributed by atoms with Crippen molar-refractivity contribution in [1.82, 2.24) is 9.80 Å². The smallest absolute Gasteiger partial charge is 0.317 e. The zero-order valence-electron chi connectivity index (χ0n) is 14.1. The number of likely N-dealkylation sites (tertiary alicyclic amines) is 1. The van der Waals surface area contributed by atoms with Gasteiger partial charge < -0.3 is 5.11 Å². The number of carbonyl (C=O) groups is 1. The van der Waals surface area contributed by atoms with Crippen LogP contribution in [0.4, 0.5) is 0 Å². The van der Waals surface area contributed by atoms with E-state index in [0.717, 1.165) is 32.5 Å². The normalized spacial score (nSPS) is 19.7. The van der Waals surface area contributed by atoms with Gasteiger partial charge >= 0.3 is 5.97 Å². The van der Waals surface area contributed by atoms with Gasteiger partial charge in [-0.1, -0.05) is 18.2 Å². The fourth-order valence-corrected chi connectivity index (χ4v) is 4.00. The number of hydrogen-bond donors (Lipinski definition) is 1. The molecular formula is C19H28N2O2. The van der Waals surface area contributed by atoms with E-state index in [9.17, 15) is 4.79 Å². The van der Waals surface area contributed by atoms with Gasteiger partial charge in [-0.2, -0.15) is 0 Å². The van der Waals surface area contributed by atoms with E-state index in [1.165, 1.54) is 31.2 Å². The van der Waals surface area contributed by atoms with Crippen molar-refractivity contribution in [3.63, 3.8) is 0 Å². The first-order chi connectivity index (χ1) is 11.1. The molecule has 3 rings (SSSR count). The number of hydrogen-bond acceptors (Lipinski definition) is 3. The Bertz CT molecular complexity index is 550. The van der Waals surface area contributed by atoms with Crippen molar-refractivity contribution in [3.8, 4) is 0 Å². The Balaban J connectivity index is 1.52. The SMILES string of the molecule is CN(CC(=O)O)C1CCN(Cc2ccc3c(c2)CCCC3)CC1. The average molecular weight is 316 g/mol. The molecule has 0 atom stereocenters. The maximum Gasteiger partial charge on any atom is 0.317 e. The van der Waals surface area contributed by atoms with Crippen molar-refractivity contribution in [1.29, 1.82) is 0 Å². The number of aliphatic carboxylic acids is 1. The highest BCUT2D eigenvalue weighted by Crippen LogP contribution is 2.24. The van der Waals surface area contributed by atoms with Gasteiger partial charge in [-0.15, -0.1) is 0 Å². The number of likely N-dealkylation sites (N-methyl/N-ethyl adjacent to an activating group) is 1. The quantitative estimate of drug-likeness (QED) is 0.907. The summed E-state index contributed by atoms with van der Waals surface area (Å²) in [7, 11) is 1.93. The number of benzene rings is 1. The van der Waals surface area contributed by atoms with Gasteiger partial charge in [0, 0.05) is 12.6 Å². The van der Waals surface area contributed by atoms with E-state index in [1.807, 2.05) is 11.9 Å². The van der Waals surface area contributed by atoms with Gasteiger partial charge in [-0.05, 0) is 75.4 Å². The van der Waals surface area contributed by atoms with Crippen LogP contribution in [0.15, 0.2) is 18.2 Å². The number of carboxylic acids is 1. The van der Waals surface area contributed by atoms with Crippen molar-refractivity contribution in [3.05, 3.63) is 34.9 Å². The summed E-state index contributed by atoms with van der Waals surface area (Å²) in [6.45, 7) is 3.30. The van der Waals surface area contributed by atoms with Crippen LogP contribution < -0.4 is 0 Å². The van der Waals surface area contributed by atoms with Crippen LogP contribution in [-0.2, 0) is 24.2 Å². The predicted octanol–water partition coefficient (Wildman–Crippen LogP) is 2.55. The molecular weight excluding hydrogens is 288 g/mol. The molecule has 1 heterocycles. The van der Waals surface area contributed by atoms with Crippen LogP contribution in [0.5, 0.6) is 0 Å². The predicted molar refractivity (Wildman–Crippen MR) is 91.6 cm³/mol. The molecule has 1 aromatic rings. The number of piperidine rings is 1. The first kappa shape index (κ1) is 16.5. The lowest BCUT2D eigenvalue weighted by Crippen LogP contribution is -2.44. The van der Waals surface area contributed by atoms with Gasteiger partial charge in [0.15, 0.2) is 0 Å². The minimum absolute atomic E-state index is 0.148. The van der Waals surface area contributed by atoms with Crippen LogP contribution in [0.25, 0.3) is 0 Å². The molecule has 1 N–H and O–H groups in total. The summed E-state index contributed by atoms with van der Waals surface area (Å²) in [5, 5.41) is 8.91. The van der Waals surface area contributed by atoms with E-state index >= 15 is 0 Å². The molecule has 0 amide bonds. The second kappa shape index (κ2) is 7.45. The maximum absolute atomic E-state index is 10.8. The Kier molecular flexibility index (Phi) is 5.34. The summed E-state index contributed by atoms with van der Waals surface area (Å²) < 4.78 is 0. The molecule has 0 unspecified atom stereocenters. The fourth-order valence-electron chi connectivity index (χ4n) is 4.00. The maximum atomic E-state index is 10.8. The zero-order chi connectivity index (χ0) is 16.2. The zero-order valence-corrected chi connectivity index (χ0v) is 14.1. The summed E-state index contributed by atoms with van der Waals surface area (Å²) in [5.41, 5.74) is 4.54. The van der Waals surface area contributed by atoms with Crippen molar-refractivity contribution < 1.29 is 9.90 Å². The summed E-state index contributed by atoms with van der Waals surface area (Å²) in [4.78, 5) is 15.3. The third-order valence-electron chi connectivity index (χ3n) is 5.38.